The molecule has 10 heteroatoms. The number of hydrogen-bond acceptors (Lipinski definition) is 6. The highest BCUT2D eigenvalue weighted by molar-refractivity contribution is 6.01. The molecule has 9 nitrogen and oxygen atoms in total. The van der Waals surface area contributed by atoms with E-state index < -0.39 is 0 Å². The fourth-order valence-corrected chi connectivity index (χ4v) is 4.05. The maximum atomic E-state index is 13.3. The van der Waals surface area contributed by atoms with Gasteiger partial charge < -0.3 is 24.7 Å². The van der Waals surface area contributed by atoms with Gasteiger partial charge in [-0.05, 0) is 37.1 Å². The Kier molecular flexibility index (Phi) is 7.40. The van der Waals surface area contributed by atoms with Crippen LogP contribution < -0.4 is 15.4 Å². The fraction of sp³-hybridized carbons (Fsp3) is 0.360. The average Bonchev–Trinajstić information content (AvgIpc) is 3.27. The highest BCUT2D eigenvalue weighted by Crippen LogP contribution is 2.24. The van der Waals surface area contributed by atoms with Crippen molar-refractivity contribution in [3.63, 3.8) is 0 Å². The summed E-state index contributed by atoms with van der Waals surface area (Å²) in [5, 5.41) is 5.93. The first-order chi connectivity index (χ1) is 16.9. The van der Waals surface area contributed by atoms with Crippen LogP contribution >= 0.6 is 0 Å². The van der Waals surface area contributed by atoms with Gasteiger partial charge >= 0.3 is 0 Å². The number of benzene rings is 1. The molecule has 2 aromatic heterocycles. The minimum Gasteiger partial charge on any atom is -0.480 e. The smallest absolute Gasteiger partial charge is 0.268 e. The van der Waals surface area contributed by atoms with Gasteiger partial charge in [-0.15, -0.1) is 0 Å². The Labute approximate surface area is 202 Å². The molecule has 1 aliphatic rings. The van der Waals surface area contributed by atoms with Crippen LogP contribution in [0.3, 0.4) is 0 Å². The number of nitrogens with zero attached hydrogens (tertiary/aromatic N) is 3. The highest BCUT2D eigenvalue weighted by Gasteiger charge is 2.28. The summed E-state index contributed by atoms with van der Waals surface area (Å²) in [6.07, 6.45) is 3.67. The molecule has 0 fully saturated rings. The number of fused-ring (bicyclic) bond motifs is 1. The Morgan fingerprint density at radius 1 is 1.17 bits per heavy atom. The summed E-state index contributed by atoms with van der Waals surface area (Å²) in [5.74, 6) is -0.597. The number of ether oxygens (including phenoxy) is 2. The number of carbonyl (C=O) groups is 2. The van der Waals surface area contributed by atoms with Crippen LogP contribution in [-0.2, 0) is 17.9 Å². The van der Waals surface area contributed by atoms with Crippen molar-refractivity contribution in [1.29, 1.82) is 0 Å². The number of rotatable bonds is 8. The van der Waals surface area contributed by atoms with Gasteiger partial charge in [0.1, 0.15) is 11.5 Å². The van der Waals surface area contributed by atoms with Crippen LogP contribution in [0.5, 0.6) is 5.88 Å². The second kappa shape index (κ2) is 10.6. The molecule has 3 aromatic rings. The second-order valence-corrected chi connectivity index (χ2v) is 8.26. The van der Waals surface area contributed by atoms with Crippen LogP contribution in [-0.4, -0.2) is 40.1 Å². The lowest BCUT2D eigenvalue weighted by Crippen LogP contribution is -2.31. The summed E-state index contributed by atoms with van der Waals surface area (Å²) in [5.41, 5.74) is 2.78. The fourth-order valence-electron chi connectivity index (χ4n) is 4.05. The molecular formula is C25H28FN5O4. The number of methoxy groups -OCH3 is 1. The summed E-state index contributed by atoms with van der Waals surface area (Å²) >= 11 is 0. The van der Waals surface area contributed by atoms with Crippen LogP contribution in [0.25, 0.3) is 0 Å². The third kappa shape index (κ3) is 5.32. The molecule has 0 bridgehead atoms. The van der Waals surface area contributed by atoms with Crippen LogP contribution in [0.4, 0.5) is 4.39 Å². The largest absolute Gasteiger partial charge is 0.480 e. The van der Waals surface area contributed by atoms with E-state index in [1.807, 2.05) is 18.4 Å². The lowest BCUT2D eigenvalue weighted by molar-refractivity contribution is 0.0774. The second-order valence-electron chi connectivity index (χ2n) is 8.26. The van der Waals surface area contributed by atoms with Crippen LogP contribution in [0.1, 0.15) is 70.1 Å². The molecule has 0 radical (unpaired) electrons. The molecule has 3 heterocycles. The Balaban J connectivity index is 1.55. The zero-order valence-corrected chi connectivity index (χ0v) is 19.9. The minimum atomic E-state index is -0.364. The van der Waals surface area contributed by atoms with Gasteiger partial charge in [-0.2, -0.15) is 0 Å². The van der Waals surface area contributed by atoms with Crippen molar-refractivity contribution in [2.45, 2.75) is 45.5 Å². The number of halogens is 1. The summed E-state index contributed by atoms with van der Waals surface area (Å²) < 4.78 is 25.7. The summed E-state index contributed by atoms with van der Waals surface area (Å²) in [6.45, 7) is 4.88. The van der Waals surface area contributed by atoms with E-state index in [0.29, 0.717) is 48.1 Å². The topological polar surface area (TPSA) is 107 Å². The molecule has 0 saturated heterocycles. The van der Waals surface area contributed by atoms with E-state index in [1.54, 1.807) is 24.4 Å². The number of amides is 2. The number of carbonyl (C=O) groups excluding carboxylic acids is 2. The summed E-state index contributed by atoms with van der Waals surface area (Å²) in [7, 11) is 1.51. The van der Waals surface area contributed by atoms with E-state index in [4.69, 9.17) is 9.47 Å². The van der Waals surface area contributed by atoms with Gasteiger partial charge in [0.05, 0.1) is 61.8 Å². The molecule has 2 N–H and O–H groups in total. The molecule has 2 amide bonds. The molecule has 0 saturated carbocycles. The predicted octanol–water partition coefficient (Wildman–Crippen LogP) is 3.33. The molecule has 1 aromatic carbocycles. The predicted molar refractivity (Wildman–Crippen MR) is 125 cm³/mol. The molecule has 0 spiro atoms. The Bertz CT molecular complexity index is 1190. The van der Waals surface area contributed by atoms with Crippen molar-refractivity contribution in [2.24, 2.45) is 0 Å². The molecule has 184 valence electrons. The van der Waals surface area contributed by atoms with Crippen molar-refractivity contribution >= 4 is 11.8 Å². The first kappa shape index (κ1) is 24.3. The van der Waals surface area contributed by atoms with E-state index in [1.165, 1.54) is 25.4 Å². The van der Waals surface area contributed by atoms with Crippen LogP contribution in [0, 0.1) is 5.82 Å². The highest BCUT2D eigenvalue weighted by atomic mass is 19.1. The molecule has 0 aliphatic carbocycles. The van der Waals surface area contributed by atoms with E-state index in [-0.39, 0.29) is 36.3 Å². The molecule has 1 unspecified atom stereocenters. The van der Waals surface area contributed by atoms with E-state index >= 15 is 0 Å². The van der Waals surface area contributed by atoms with Crippen molar-refractivity contribution in [2.75, 3.05) is 13.7 Å². The third-order valence-electron chi connectivity index (χ3n) is 6.03. The van der Waals surface area contributed by atoms with Gasteiger partial charge in [-0.1, -0.05) is 19.1 Å². The van der Waals surface area contributed by atoms with Crippen molar-refractivity contribution < 1.29 is 23.5 Å². The first-order valence-electron chi connectivity index (χ1n) is 11.4. The summed E-state index contributed by atoms with van der Waals surface area (Å²) in [4.78, 5) is 34.9. The minimum absolute atomic E-state index is 0.225. The molecule has 4 rings (SSSR count). The lowest BCUT2D eigenvalue weighted by Gasteiger charge is -2.21. The van der Waals surface area contributed by atoms with Crippen molar-refractivity contribution in [3.05, 3.63) is 76.8 Å². The van der Waals surface area contributed by atoms with Gasteiger partial charge in [-0.3, -0.25) is 14.6 Å². The van der Waals surface area contributed by atoms with Crippen LogP contribution in [0.15, 0.2) is 42.7 Å². The zero-order chi connectivity index (χ0) is 24.9. The Hall–Kier alpha value is -3.79. The normalized spacial score (nSPS) is 14.5. The number of hydrogen-bond donors (Lipinski definition) is 2. The van der Waals surface area contributed by atoms with Gasteiger partial charge in [-0.25, -0.2) is 9.37 Å². The molecule has 2 atom stereocenters. The maximum Gasteiger partial charge on any atom is 0.268 e. The monoisotopic (exact) mass is 481 g/mol. The zero-order valence-electron chi connectivity index (χ0n) is 19.9. The quantitative estimate of drug-likeness (QED) is 0.511. The standard InChI is InChI=1S/C25H28FN5O4/c1-4-19(20-12-28-23(34-3)13-27-20)30-24(32)18-11-21(31-9-10-35-14-22(18)31)25(33)29-15(2)16-5-7-17(26)8-6-16/h5-8,11-13,15,19H,4,9-10,14H2,1-3H3,(H,29,33)(H,30,32)/t15-,19?/m1/s1. The van der Waals surface area contributed by atoms with Crippen molar-refractivity contribution in [3.8, 4) is 5.88 Å². The van der Waals surface area contributed by atoms with Crippen molar-refractivity contribution in [1.82, 2.24) is 25.2 Å². The Morgan fingerprint density at radius 2 is 1.94 bits per heavy atom. The lowest BCUT2D eigenvalue weighted by atomic mass is 10.1. The SMILES string of the molecule is CCC(NC(=O)c1cc(C(=O)N[C@H](C)c2ccc(F)cc2)n2c1COCC2)c1cnc(OC)cn1. The molecule has 1 aliphatic heterocycles. The summed E-state index contributed by atoms with van der Waals surface area (Å²) in [6, 6.07) is 6.86. The average molecular weight is 482 g/mol. The number of nitrogens with one attached hydrogen (secondary N) is 2. The third-order valence-corrected chi connectivity index (χ3v) is 6.03. The van der Waals surface area contributed by atoms with Gasteiger partial charge in [0.15, 0.2) is 0 Å². The molecule has 35 heavy (non-hydrogen) atoms. The number of aromatic nitrogens is 3. The van der Waals surface area contributed by atoms with E-state index in [9.17, 15) is 14.0 Å². The van der Waals surface area contributed by atoms with Gasteiger partial charge in [0.25, 0.3) is 11.8 Å². The van der Waals surface area contributed by atoms with Gasteiger partial charge in [0, 0.05) is 6.54 Å². The van der Waals surface area contributed by atoms with Gasteiger partial charge in [0.2, 0.25) is 5.88 Å². The first-order valence-corrected chi connectivity index (χ1v) is 11.4. The molecular weight excluding hydrogens is 453 g/mol. The Morgan fingerprint density at radius 3 is 2.60 bits per heavy atom. The maximum absolute atomic E-state index is 13.3. The van der Waals surface area contributed by atoms with Crippen LogP contribution in [0.2, 0.25) is 0 Å². The van der Waals surface area contributed by atoms with E-state index in [0.717, 1.165) is 5.56 Å². The van der Waals surface area contributed by atoms with E-state index in [2.05, 4.69) is 20.6 Å².